The summed E-state index contributed by atoms with van der Waals surface area (Å²) >= 11 is 0.914. The number of amides is 2. The van der Waals surface area contributed by atoms with Crippen LogP contribution in [-0.2, 0) is 11.3 Å². The zero-order valence-corrected chi connectivity index (χ0v) is 20.2. The van der Waals surface area contributed by atoms with E-state index in [9.17, 15) is 14.4 Å². The summed E-state index contributed by atoms with van der Waals surface area (Å²) in [5, 5.41) is 4.83. The Morgan fingerprint density at radius 1 is 1.06 bits per heavy atom. The number of fused-ring (bicyclic) bond motifs is 1. The summed E-state index contributed by atoms with van der Waals surface area (Å²) in [6.07, 6.45) is -0.378. The van der Waals surface area contributed by atoms with Crippen LogP contribution >= 0.6 is 11.3 Å². The van der Waals surface area contributed by atoms with E-state index in [2.05, 4.69) is 5.32 Å². The first-order chi connectivity index (χ1) is 16.7. The Labute approximate surface area is 205 Å². The molecule has 4 rings (SSSR count). The van der Waals surface area contributed by atoms with Gasteiger partial charge in [0.1, 0.15) is 23.1 Å². The van der Waals surface area contributed by atoms with E-state index < -0.39 is 17.8 Å². The molecule has 180 valence electrons. The number of esters is 1. The van der Waals surface area contributed by atoms with E-state index >= 15 is 0 Å². The van der Waals surface area contributed by atoms with Crippen molar-refractivity contribution in [3.63, 3.8) is 0 Å². The Bertz CT molecular complexity index is 1410. The predicted octanol–water partition coefficient (Wildman–Crippen LogP) is 5.30. The van der Waals surface area contributed by atoms with Gasteiger partial charge in [0.2, 0.25) is 0 Å². The number of furan rings is 1. The van der Waals surface area contributed by atoms with Gasteiger partial charge in [-0.2, -0.15) is 0 Å². The van der Waals surface area contributed by atoms with Gasteiger partial charge in [-0.3, -0.25) is 9.59 Å². The fourth-order valence-corrected chi connectivity index (χ4v) is 4.61. The minimum absolute atomic E-state index is 0.0244. The highest BCUT2D eigenvalue weighted by Gasteiger charge is 2.27. The molecule has 0 saturated carbocycles. The third kappa shape index (κ3) is 5.20. The van der Waals surface area contributed by atoms with Crippen molar-refractivity contribution in [1.29, 1.82) is 0 Å². The SMILES string of the molecule is Cc1c(C(N)=O)sc(NC(=O)c2ccc(COc3cccc4ccccc34)o2)c1C(=O)OC(C)C. The molecule has 0 unspecified atom stereocenters. The van der Waals surface area contributed by atoms with Crippen molar-refractivity contribution in [1.82, 2.24) is 0 Å². The van der Waals surface area contributed by atoms with E-state index in [1.54, 1.807) is 26.8 Å². The van der Waals surface area contributed by atoms with Crippen molar-refractivity contribution in [2.75, 3.05) is 5.32 Å². The maximum atomic E-state index is 12.9. The number of nitrogens with two attached hydrogens (primary N) is 1. The standard InChI is InChI=1S/C26H24N2O6S/c1-14(2)33-26(31)21-15(3)22(23(27)29)35-25(21)28-24(30)20-12-11-17(34-20)13-32-19-10-6-8-16-7-4-5-9-18(16)19/h4-12,14H,13H2,1-3H3,(H2,27,29)(H,28,30). The van der Waals surface area contributed by atoms with Gasteiger partial charge in [-0.1, -0.05) is 36.4 Å². The number of rotatable bonds is 8. The first-order valence-electron chi connectivity index (χ1n) is 10.9. The zero-order valence-electron chi connectivity index (χ0n) is 19.4. The Hall–Kier alpha value is -4.11. The molecule has 8 nitrogen and oxygen atoms in total. The number of ether oxygens (including phenoxy) is 2. The van der Waals surface area contributed by atoms with Gasteiger partial charge >= 0.3 is 5.97 Å². The van der Waals surface area contributed by atoms with Gasteiger partial charge in [0.25, 0.3) is 11.8 Å². The van der Waals surface area contributed by atoms with Gasteiger partial charge in [0, 0.05) is 5.39 Å². The average Bonchev–Trinajstić information content (AvgIpc) is 3.41. The first-order valence-corrected chi connectivity index (χ1v) is 11.7. The molecule has 2 aromatic carbocycles. The van der Waals surface area contributed by atoms with Gasteiger partial charge in [0.05, 0.1) is 16.5 Å². The van der Waals surface area contributed by atoms with Crippen molar-refractivity contribution in [2.45, 2.75) is 33.5 Å². The van der Waals surface area contributed by atoms with Crippen LogP contribution in [0.15, 0.2) is 59.0 Å². The van der Waals surface area contributed by atoms with Gasteiger partial charge in [0.15, 0.2) is 5.76 Å². The smallest absolute Gasteiger partial charge is 0.341 e. The van der Waals surface area contributed by atoms with Crippen LogP contribution in [0.4, 0.5) is 5.00 Å². The van der Waals surface area contributed by atoms with E-state index in [0.717, 1.165) is 22.1 Å². The Balaban J connectivity index is 1.50. The molecular formula is C26H24N2O6S. The number of primary amides is 1. The summed E-state index contributed by atoms with van der Waals surface area (Å²) in [6.45, 7) is 5.12. The number of nitrogens with one attached hydrogen (secondary N) is 1. The predicted molar refractivity (Wildman–Crippen MR) is 133 cm³/mol. The highest BCUT2D eigenvalue weighted by molar-refractivity contribution is 7.18. The highest BCUT2D eigenvalue weighted by atomic mass is 32.1. The van der Waals surface area contributed by atoms with Crippen molar-refractivity contribution in [3.8, 4) is 5.75 Å². The molecule has 35 heavy (non-hydrogen) atoms. The van der Waals surface area contributed by atoms with Crippen LogP contribution in [-0.4, -0.2) is 23.9 Å². The van der Waals surface area contributed by atoms with Crippen LogP contribution in [0.5, 0.6) is 5.75 Å². The quantitative estimate of drug-likeness (QED) is 0.322. The normalized spacial score (nSPS) is 11.0. The summed E-state index contributed by atoms with van der Waals surface area (Å²) in [5.41, 5.74) is 5.88. The van der Waals surface area contributed by atoms with Gasteiger partial charge in [-0.15, -0.1) is 11.3 Å². The molecule has 9 heteroatoms. The molecule has 2 aromatic heterocycles. The largest absolute Gasteiger partial charge is 0.485 e. The lowest BCUT2D eigenvalue weighted by Gasteiger charge is -2.10. The molecule has 0 bridgehead atoms. The second-order valence-electron chi connectivity index (χ2n) is 8.06. The van der Waals surface area contributed by atoms with Crippen molar-refractivity contribution < 1.29 is 28.3 Å². The minimum atomic E-state index is -0.697. The van der Waals surface area contributed by atoms with Crippen molar-refractivity contribution >= 4 is 44.9 Å². The second-order valence-corrected chi connectivity index (χ2v) is 9.09. The third-order valence-corrected chi connectivity index (χ3v) is 6.37. The number of benzene rings is 2. The molecule has 0 aliphatic rings. The first kappa shape index (κ1) is 24.0. The Morgan fingerprint density at radius 2 is 1.80 bits per heavy atom. The van der Waals surface area contributed by atoms with Crippen LogP contribution < -0.4 is 15.8 Å². The molecule has 3 N–H and O–H groups in total. The van der Waals surface area contributed by atoms with Crippen molar-refractivity contribution in [2.24, 2.45) is 5.73 Å². The molecule has 0 radical (unpaired) electrons. The fourth-order valence-electron chi connectivity index (χ4n) is 3.57. The molecule has 2 amide bonds. The molecular weight excluding hydrogens is 468 g/mol. The fraction of sp³-hybridized carbons (Fsp3) is 0.192. The maximum absolute atomic E-state index is 12.9. The van der Waals surface area contributed by atoms with Gasteiger partial charge in [-0.05, 0) is 49.9 Å². The molecule has 0 aliphatic heterocycles. The lowest BCUT2D eigenvalue weighted by atomic mass is 10.1. The van der Waals surface area contributed by atoms with Crippen LogP contribution in [0.1, 0.15) is 55.8 Å². The number of anilines is 1. The van der Waals surface area contributed by atoms with Crippen molar-refractivity contribution in [3.05, 3.63) is 82.1 Å². The molecule has 0 atom stereocenters. The van der Waals surface area contributed by atoms with E-state index in [-0.39, 0.29) is 33.9 Å². The van der Waals surface area contributed by atoms with Crippen LogP contribution in [0.25, 0.3) is 10.8 Å². The summed E-state index contributed by atoms with van der Waals surface area (Å²) in [6, 6.07) is 16.8. The van der Waals surface area contributed by atoms with Gasteiger partial charge < -0.3 is 24.9 Å². The Kier molecular flexibility index (Phi) is 6.88. The molecule has 2 heterocycles. The molecule has 4 aromatic rings. The van der Waals surface area contributed by atoms with E-state index in [1.165, 1.54) is 6.07 Å². The summed E-state index contributed by atoms with van der Waals surface area (Å²) in [7, 11) is 0. The number of hydrogen-bond donors (Lipinski definition) is 2. The third-order valence-electron chi connectivity index (χ3n) is 5.15. The monoisotopic (exact) mass is 492 g/mol. The van der Waals surface area contributed by atoms with E-state index in [0.29, 0.717) is 17.1 Å². The van der Waals surface area contributed by atoms with E-state index in [1.807, 2.05) is 42.5 Å². The van der Waals surface area contributed by atoms with E-state index in [4.69, 9.17) is 19.6 Å². The number of carbonyl (C=O) groups is 3. The summed E-state index contributed by atoms with van der Waals surface area (Å²) in [5.74, 6) is -0.763. The highest BCUT2D eigenvalue weighted by Crippen LogP contribution is 2.34. The van der Waals surface area contributed by atoms with Crippen LogP contribution in [0, 0.1) is 6.92 Å². The lowest BCUT2D eigenvalue weighted by molar-refractivity contribution is 0.0379. The second kappa shape index (κ2) is 10.0. The summed E-state index contributed by atoms with van der Waals surface area (Å²) in [4.78, 5) is 37.4. The average molecular weight is 493 g/mol. The number of thiophene rings is 1. The molecule has 0 saturated heterocycles. The topological polar surface area (TPSA) is 121 Å². The van der Waals surface area contributed by atoms with Crippen LogP contribution in [0.2, 0.25) is 0 Å². The lowest BCUT2D eigenvalue weighted by Crippen LogP contribution is -2.17. The Morgan fingerprint density at radius 3 is 2.54 bits per heavy atom. The van der Waals surface area contributed by atoms with Crippen LogP contribution in [0.3, 0.4) is 0 Å². The minimum Gasteiger partial charge on any atom is -0.485 e. The summed E-state index contributed by atoms with van der Waals surface area (Å²) < 4.78 is 16.8. The zero-order chi connectivity index (χ0) is 25.1. The number of carbonyl (C=O) groups excluding carboxylic acids is 3. The maximum Gasteiger partial charge on any atom is 0.341 e. The molecule has 0 aliphatic carbocycles. The van der Waals surface area contributed by atoms with Gasteiger partial charge in [-0.25, -0.2) is 4.79 Å². The number of hydrogen-bond acceptors (Lipinski definition) is 7. The molecule has 0 fully saturated rings. The molecule has 0 spiro atoms.